The largest absolute Gasteiger partial charge is 0.492 e. The molecule has 106 valence electrons. The minimum absolute atomic E-state index is 0.421. The van der Waals surface area contributed by atoms with Gasteiger partial charge in [0.1, 0.15) is 12.4 Å². The van der Waals surface area contributed by atoms with Gasteiger partial charge in [-0.15, -0.1) is 0 Å². The van der Waals surface area contributed by atoms with Gasteiger partial charge in [0, 0.05) is 19.2 Å². The molecule has 0 bridgehead atoms. The number of nitriles is 1. The zero-order valence-electron chi connectivity index (χ0n) is 11.5. The number of benzene rings is 1. The summed E-state index contributed by atoms with van der Waals surface area (Å²) in [5.41, 5.74) is 0.658. The fraction of sp³-hybridized carbons (Fsp3) is 0.562. The third-order valence-electron chi connectivity index (χ3n) is 3.98. The highest BCUT2D eigenvalue weighted by molar-refractivity contribution is 5.34. The van der Waals surface area contributed by atoms with Crippen LogP contribution in [-0.2, 0) is 4.74 Å². The Morgan fingerprint density at radius 1 is 1.25 bits per heavy atom. The Morgan fingerprint density at radius 2 is 2.05 bits per heavy atom. The Morgan fingerprint density at radius 3 is 2.75 bits per heavy atom. The highest BCUT2D eigenvalue weighted by atomic mass is 16.5. The van der Waals surface area contributed by atoms with E-state index in [1.165, 1.54) is 12.8 Å². The van der Waals surface area contributed by atoms with Crippen LogP contribution in [0, 0.1) is 17.2 Å². The molecule has 1 saturated heterocycles. The standard InChI is InChI=1S/C16H20N2O2/c17-11-12-1-5-14(6-2-12)19-10-8-18-15-7-9-20-16(15)13-3-4-13/h1-2,5-6,13,15-16,18H,3-4,7-10H2/t15-,16-/m1/s1. The predicted octanol–water partition coefficient (Wildman–Crippen LogP) is 2.09. The van der Waals surface area contributed by atoms with Crippen LogP contribution >= 0.6 is 0 Å². The number of nitrogens with zero attached hydrogens (tertiary/aromatic N) is 1. The summed E-state index contributed by atoms with van der Waals surface area (Å²) in [7, 11) is 0. The van der Waals surface area contributed by atoms with Crippen LogP contribution < -0.4 is 10.1 Å². The fourth-order valence-electron chi connectivity index (χ4n) is 2.76. The van der Waals surface area contributed by atoms with Crippen LogP contribution in [0.1, 0.15) is 24.8 Å². The van der Waals surface area contributed by atoms with E-state index >= 15 is 0 Å². The molecule has 20 heavy (non-hydrogen) atoms. The molecule has 1 aromatic rings. The number of ether oxygens (including phenoxy) is 2. The summed E-state index contributed by atoms with van der Waals surface area (Å²) < 4.78 is 11.5. The van der Waals surface area contributed by atoms with Gasteiger partial charge >= 0.3 is 0 Å². The molecule has 0 amide bonds. The molecule has 3 rings (SSSR count). The molecular weight excluding hydrogens is 252 g/mol. The van der Waals surface area contributed by atoms with E-state index in [1.807, 2.05) is 12.1 Å². The molecule has 1 aromatic carbocycles. The molecule has 0 radical (unpaired) electrons. The minimum atomic E-state index is 0.421. The first kappa shape index (κ1) is 13.4. The molecule has 1 heterocycles. The summed E-state index contributed by atoms with van der Waals surface area (Å²) in [5.74, 6) is 1.60. The molecular formula is C16H20N2O2. The molecule has 1 aliphatic carbocycles. The predicted molar refractivity (Wildman–Crippen MR) is 75.5 cm³/mol. The molecule has 2 fully saturated rings. The van der Waals surface area contributed by atoms with Gasteiger partial charge in [-0.1, -0.05) is 0 Å². The molecule has 0 spiro atoms. The Hall–Kier alpha value is -1.57. The van der Waals surface area contributed by atoms with E-state index in [1.54, 1.807) is 12.1 Å². The molecule has 0 unspecified atom stereocenters. The maximum atomic E-state index is 8.73. The first-order valence-electron chi connectivity index (χ1n) is 7.35. The zero-order chi connectivity index (χ0) is 13.8. The normalized spacial score (nSPS) is 25.4. The van der Waals surface area contributed by atoms with Crippen molar-refractivity contribution in [3.63, 3.8) is 0 Å². The van der Waals surface area contributed by atoms with E-state index < -0.39 is 0 Å². The van der Waals surface area contributed by atoms with Crippen molar-refractivity contribution in [1.29, 1.82) is 5.26 Å². The lowest BCUT2D eigenvalue weighted by molar-refractivity contribution is 0.0804. The van der Waals surface area contributed by atoms with Crippen LogP contribution in [0.3, 0.4) is 0 Å². The van der Waals surface area contributed by atoms with Crippen molar-refractivity contribution in [3.8, 4) is 11.8 Å². The van der Waals surface area contributed by atoms with Gasteiger partial charge in [0.15, 0.2) is 0 Å². The second-order valence-corrected chi connectivity index (χ2v) is 5.51. The molecule has 0 aromatic heterocycles. The number of rotatable bonds is 6. The van der Waals surface area contributed by atoms with Crippen molar-refractivity contribution in [1.82, 2.24) is 5.32 Å². The van der Waals surface area contributed by atoms with Crippen LogP contribution in [-0.4, -0.2) is 31.9 Å². The number of hydrogen-bond donors (Lipinski definition) is 1. The lowest BCUT2D eigenvalue weighted by atomic mass is 10.1. The van der Waals surface area contributed by atoms with E-state index in [0.717, 1.165) is 31.2 Å². The second kappa shape index (κ2) is 6.25. The van der Waals surface area contributed by atoms with Crippen LogP contribution in [0.15, 0.2) is 24.3 Å². The van der Waals surface area contributed by atoms with E-state index in [-0.39, 0.29) is 0 Å². The second-order valence-electron chi connectivity index (χ2n) is 5.51. The van der Waals surface area contributed by atoms with Gasteiger partial charge in [-0.3, -0.25) is 0 Å². The van der Waals surface area contributed by atoms with Crippen molar-refractivity contribution in [2.24, 2.45) is 5.92 Å². The smallest absolute Gasteiger partial charge is 0.119 e. The first-order chi connectivity index (χ1) is 9.86. The van der Waals surface area contributed by atoms with Gasteiger partial charge in [-0.25, -0.2) is 0 Å². The van der Waals surface area contributed by atoms with Gasteiger partial charge in [0.25, 0.3) is 0 Å². The Kier molecular flexibility index (Phi) is 4.19. The Balaban J connectivity index is 1.38. The summed E-state index contributed by atoms with van der Waals surface area (Å²) in [6, 6.07) is 9.81. The van der Waals surface area contributed by atoms with Gasteiger partial charge in [-0.2, -0.15) is 5.26 Å². The van der Waals surface area contributed by atoms with E-state index in [0.29, 0.717) is 24.3 Å². The molecule has 1 N–H and O–H groups in total. The van der Waals surface area contributed by atoms with Crippen molar-refractivity contribution >= 4 is 0 Å². The monoisotopic (exact) mass is 272 g/mol. The van der Waals surface area contributed by atoms with E-state index in [4.69, 9.17) is 14.7 Å². The van der Waals surface area contributed by atoms with Crippen LogP contribution in [0.4, 0.5) is 0 Å². The summed E-state index contributed by atoms with van der Waals surface area (Å²) in [5, 5.41) is 12.3. The summed E-state index contributed by atoms with van der Waals surface area (Å²) in [6.07, 6.45) is 4.18. The molecule has 1 saturated carbocycles. The minimum Gasteiger partial charge on any atom is -0.492 e. The average Bonchev–Trinajstić information content (AvgIpc) is 3.23. The summed E-state index contributed by atoms with van der Waals surface area (Å²) in [4.78, 5) is 0. The topological polar surface area (TPSA) is 54.3 Å². The maximum absolute atomic E-state index is 8.73. The SMILES string of the molecule is N#Cc1ccc(OCCN[C@@H]2CCO[C@@H]2C2CC2)cc1. The van der Waals surface area contributed by atoms with Crippen molar-refractivity contribution < 1.29 is 9.47 Å². The average molecular weight is 272 g/mol. The van der Waals surface area contributed by atoms with Gasteiger partial charge in [0.2, 0.25) is 0 Å². The number of nitrogens with one attached hydrogen (secondary N) is 1. The molecule has 2 aliphatic rings. The van der Waals surface area contributed by atoms with Crippen LogP contribution in [0.2, 0.25) is 0 Å². The summed E-state index contributed by atoms with van der Waals surface area (Å²) in [6.45, 7) is 2.35. The quantitative estimate of drug-likeness (QED) is 0.806. The van der Waals surface area contributed by atoms with Crippen molar-refractivity contribution in [2.75, 3.05) is 19.8 Å². The molecule has 4 heteroatoms. The highest BCUT2D eigenvalue weighted by Crippen LogP contribution is 2.38. The first-order valence-corrected chi connectivity index (χ1v) is 7.35. The Labute approximate surface area is 119 Å². The lowest BCUT2D eigenvalue weighted by Gasteiger charge is -2.19. The van der Waals surface area contributed by atoms with Crippen molar-refractivity contribution in [3.05, 3.63) is 29.8 Å². The van der Waals surface area contributed by atoms with Gasteiger partial charge in [-0.05, 0) is 49.4 Å². The fourth-order valence-corrected chi connectivity index (χ4v) is 2.76. The van der Waals surface area contributed by atoms with Gasteiger partial charge < -0.3 is 14.8 Å². The van der Waals surface area contributed by atoms with E-state index in [2.05, 4.69) is 11.4 Å². The summed E-state index contributed by atoms with van der Waals surface area (Å²) >= 11 is 0. The molecule has 4 nitrogen and oxygen atoms in total. The maximum Gasteiger partial charge on any atom is 0.119 e. The molecule has 2 atom stereocenters. The highest BCUT2D eigenvalue weighted by Gasteiger charge is 2.40. The van der Waals surface area contributed by atoms with Crippen LogP contribution in [0.25, 0.3) is 0 Å². The van der Waals surface area contributed by atoms with Crippen LogP contribution in [0.5, 0.6) is 5.75 Å². The third-order valence-corrected chi connectivity index (χ3v) is 3.98. The molecule has 1 aliphatic heterocycles. The third kappa shape index (κ3) is 3.30. The van der Waals surface area contributed by atoms with E-state index in [9.17, 15) is 0 Å². The van der Waals surface area contributed by atoms with Crippen molar-refractivity contribution in [2.45, 2.75) is 31.4 Å². The lowest BCUT2D eigenvalue weighted by Crippen LogP contribution is -2.39. The number of hydrogen-bond acceptors (Lipinski definition) is 4. The zero-order valence-corrected chi connectivity index (χ0v) is 11.5. The Bertz CT molecular complexity index is 476. The van der Waals surface area contributed by atoms with Gasteiger partial charge in [0.05, 0.1) is 17.7 Å².